The van der Waals surface area contributed by atoms with Gasteiger partial charge in [0.2, 0.25) is 5.91 Å². The highest BCUT2D eigenvalue weighted by Gasteiger charge is 2.11. The number of carbonyl (C=O) groups excluding carboxylic acids is 2. The molecule has 6 nitrogen and oxygen atoms in total. The van der Waals surface area contributed by atoms with E-state index in [-0.39, 0.29) is 18.3 Å². The van der Waals surface area contributed by atoms with E-state index in [2.05, 4.69) is 10.6 Å². The highest BCUT2D eigenvalue weighted by molar-refractivity contribution is 5.87. The first-order chi connectivity index (χ1) is 9.02. The number of benzene rings is 1. The van der Waals surface area contributed by atoms with E-state index < -0.39 is 12.1 Å². The van der Waals surface area contributed by atoms with Crippen molar-refractivity contribution >= 4 is 30.0 Å². The molecular formula is C13H21ClN4O2. The Morgan fingerprint density at radius 1 is 1.25 bits per heavy atom. The number of urea groups is 1. The largest absolute Gasteiger partial charge is 0.351 e. The maximum absolute atomic E-state index is 11.6. The molecule has 0 heterocycles. The van der Waals surface area contributed by atoms with Gasteiger partial charge in [-0.2, -0.15) is 0 Å². The second kappa shape index (κ2) is 9.17. The number of hydrogen-bond donors (Lipinski definition) is 4. The lowest BCUT2D eigenvalue weighted by Gasteiger charge is -2.11. The average molecular weight is 301 g/mol. The van der Waals surface area contributed by atoms with E-state index in [4.69, 9.17) is 11.5 Å². The normalized spacial score (nSPS) is 11.1. The van der Waals surface area contributed by atoms with Crippen molar-refractivity contribution in [1.82, 2.24) is 5.32 Å². The van der Waals surface area contributed by atoms with Crippen molar-refractivity contribution in [3.63, 3.8) is 0 Å². The monoisotopic (exact) mass is 300 g/mol. The van der Waals surface area contributed by atoms with Crippen LogP contribution >= 0.6 is 12.4 Å². The zero-order valence-electron chi connectivity index (χ0n) is 11.4. The number of anilines is 1. The standard InChI is InChI=1S/C13H20N4O2.ClH/c1-2-3-11(14)12(18)16-8-9-4-6-10(7-5-9)17-13(15)19;/h4-7,11H,2-3,8,14H2,1H3,(H,16,18)(H3,15,17,19);1H. The molecule has 6 N–H and O–H groups in total. The Bertz CT molecular complexity index is 437. The molecule has 0 saturated heterocycles. The Morgan fingerprint density at radius 2 is 1.85 bits per heavy atom. The summed E-state index contributed by atoms with van der Waals surface area (Å²) >= 11 is 0. The quantitative estimate of drug-likeness (QED) is 0.636. The lowest BCUT2D eigenvalue weighted by molar-refractivity contribution is -0.122. The molecule has 0 fully saturated rings. The van der Waals surface area contributed by atoms with Crippen molar-refractivity contribution in [3.05, 3.63) is 29.8 Å². The highest BCUT2D eigenvalue weighted by atomic mass is 35.5. The van der Waals surface area contributed by atoms with Crippen LogP contribution in [0.25, 0.3) is 0 Å². The van der Waals surface area contributed by atoms with Gasteiger partial charge in [-0.05, 0) is 24.1 Å². The van der Waals surface area contributed by atoms with Gasteiger partial charge in [-0.25, -0.2) is 4.79 Å². The summed E-state index contributed by atoms with van der Waals surface area (Å²) in [6.07, 6.45) is 1.55. The molecule has 20 heavy (non-hydrogen) atoms. The Labute approximate surface area is 124 Å². The molecule has 0 saturated carbocycles. The van der Waals surface area contributed by atoms with E-state index in [1.54, 1.807) is 24.3 Å². The Kier molecular flexibility index (Phi) is 8.35. The molecule has 0 radical (unpaired) electrons. The number of carbonyl (C=O) groups is 2. The third-order valence-electron chi connectivity index (χ3n) is 2.62. The van der Waals surface area contributed by atoms with Crippen LogP contribution in [0.15, 0.2) is 24.3 Å². The number of primary amides is 1. The Balaban J connectivity index is 0.00000361. The minimum atomic E-state index is -0.605. The van der Waals surface area contributed by atoms with E-state index in [9.17, 15) is 9.59 Å². The SMILES string of the molecule is CCCC(N)C(=O)NCc1ccc(NC(N)=O)cc1.Cl. The van der Waals surface area contributed by atoms with Gasteiger partial charge < -0.3 is 22.1 Å². The van der Waals surface area contributed by atoms with Crippen molar-refractivity contribution in [2.24, 2.45) is 11.5 Å². The first kappa shape index (κ1) is 18.2. The zero-order chi connectivity index (χ0) is 14.3. The number of nitrogens with one attached hydrogen (secondary N) is 2. The first-order valence-electron chi connectivity index (χ1n) is 6.21. The van der Waals surface area contributed by atoms with Crippen molar-refractivity contribution in [3.8, 4) is 0 Å². The molecule has 0 bridgehead atoms. The lowest BCUT2D eigenvalue weighted by Crippen LogP contribution is -2.40. The van der Waals surface area contributed by atoms with Crippen LogP contribution in [0.2, 0.25) is 0 Å². The second-order valence-corrected chi connectivity index (χ2v) is 4.30. The Morgan fingerprint density at radius 3 is 2.35 bits per heavy atom. The molecule has 0 aliphatic rings. The molecule has 0 aromatic heterocycles. The van der Waals surface area contributed by atoms with Gasteiger partial charge in [0.05, 0.1) is 6.04 Å². The lowest BCUT2D eigenvalue weighted by atomic mass is 10.1. The van der Waals surface area contributed by atoms with E-state index in [0.29, 0.717) is 18.7 Å². The van der Waals surface area contributed by atoms with E-state index >= 15 is 0 Å². The molecule has 1 rings (SSSR count). The topological polar surface area (TPSA) is 110 Å². The number of hydrogen-bond acceptors (Lipinski definition) is 3. The van der Waals surface area contributed by atoms with Crippen LogP contribution in [0.3, 0.4) is 0 Å². The highest BCUT2D eigenvalue weighted by Crippen LogP contribution is 2.09. The van der Waals surface area contributed by atoms with Crippen molar-refractivity contribution < 1.29 is 9.59 Å². The van der Waals surface area contributed by atoms with Crippen LogP contribution in [0.4, 0.5) is 10.5 Å². The molecule has 112 valence electrons. The fraction of sp³-hybridized carbons (Fsp3) is 0.385. The van der Waals surface area contributed by atoms with Crippen LogP contribution in [0.1, 0.15) is 25.3 Å². The molecule has 1 aromatic carbocycles. The smallest absolute Gasteiger partial charge is 0.316 e. The number of halogens is 1. The fourth-order valence-electron chi connectivity index (χ4n) is 1.61. The molecule has 1 aromatic rings. The van der Waals surface area contributed by atoms with Gasteiger partial charge in [0.25, 0.3) is 0 Å². The van der Waals surface area contributed by atoms with Gasteiger partial charge in [0.1, 0.15) is 0 Å². The molecule has 3 amide bonds. The molecule has 1 unspecified atom stereocenters. The van der Waals surface area contributed by atoms with Crippen LogP contribution in [0, 0.1) is 0 Å². The van der Waals surface area contributed by atoms with Crippen molar-refractivity contribution in [2.45, 2.75) is 32.4 Å². The molecule has 0 aliphatic carbocycles. The fourth-order valence-corrected chi connectivity index (χ4v) is 1.61. The van der Waals surface area contributed by atoms with Gasteiger partial charge in [-0.3, -0.25) is 4.79 Å². The zero-order valence-corrected chi connectivity index (χ0v) is 12.2. The minimum Gasteiger partial charge on any atom is -0.351 e. The van der Waals surface area contributed by atoms with Crippen LogP contribution in [0.5, 0.6) is 0 Å². The maximum Gasteiger partial charge on any atom is 0.316 e. The molecule has 1 atom stereocenters. The second-order valence-electron chi connectivity index (χ2n) is 4.30. The minimum absolute atomic E-state index is 0. The molecular weight excluding hydrogens is 280 g/mol. The summed E-state index contributed by atoms with van der Waals surface area (Å²) in [4.78, 5) is 22.3. The molecule has 7 heteroatoms. The number of rotatable bonds is 6. The van der Waals surface area contributed by atoms with Gasteiger partial charge in [-0.15, -0.1) is 12.4 Å². The van der Waals surface area contributed by atoms with E-state index in [1.807, 2.05) is 6.92 Å². The van der Waals surface area contributed by atoms with E-state index in [1.165, 1.54) is 0 Å². The number of nitrogens with two attached hydrogens (primary N) is 2. The maximum atomic E-state index is 11.6. The van der Waals surface area contributed by atoms with Crippen LogP contribution < -0.4 is 22.1 Å². The van der Waals surface area contributed by atoms with Gasteiger partial charge in [-0.1, -0.05) is 25.5 Å². The predicted molar refractivity (Wildman–Crippen MR) is 81.6 cm³/mol. The van der Waals surface area contributed by atoms with Crippen LogP contribution in [-0.4, -0.2) is 18.0 Å². The van der Waals surface area contributed by atoms with E-state index in [0.717, 1.165) is 12.0 Å². The average Bonchev–Trinajstić information content (AvgIpc) is 2.37. The Hall–Kier alpha value is -1.79. The van der Waals surface area contributed by atoms with Crippen molar-refractivity contribution in [1.29, 1.82) is 0 Å². The summed E-state index contributed by atoms with van der Waals surface area (Å²) in [5.41, 5.74) is 12.2. The summed E-state index contributed by atoms with van der Waals surface area (Å²) in [6.45, 7) is 2.39. The van der Waals surface area contributed by atoms with Gasteiger partial charge in [0.15, 0.2) is 0 Å². The first-order valence-corrected chi connectivity index (χ1v) is 6.21. The summed E-state index contributed by atoms with van der Waals surface area (Å²) < 4.78 is 0. The molecule has 0 aliphatic heterocycles. The van der Waals surface area contributed by atoms with Crippen molar-refractivity contribution in [2.75, 3.05) is 5.32 Å². The predicted octanol–water partition coefficient (Wildman–Crippen LogP) is 1.34. The summed E-state index contributed by atoms with van der Waals surface area (Å²) in [5, 5.41) is 5.23. The summed E-state index contributed by atoms with van der Waals surface area (Å²) in [7, 11) is 0. The molecule has 0 spiro atoms. The van der Waals surface area contributed by atoms with Gasteiger partial charge >= 0.3 is 6.03 Å². The third-order valence-corrected chi connectivity index (χ3v) is 2.62. The number of amides is 3. The summed E-state index contributed by atoms with van der Waals surface area (Å²) in [6, 6.07) is 5.98. The summed E-state index contributed by atoms with van der Waals surface area (Å²) in [5.74, 6) is -0.152. The third kappa shape index (κ3) is 6.40. The van der Waals surface area contributed by atoms with Crippen LogP contribution in [-0.2, 0) is 11.3 Å². The van der Waals surface area contributed by atoms with Gasteiger partial charge in [0, 0.05) is 12.2 Å².